The maximum absolute atomic E-state index is 13.2. The smallest absolute Gasteiger partial charge is 0.270 e. The van der Waals surface area contributed by atoms with E-state index >= 15 is 0 Å². The maximum atomic E-state index is 13.2. The summed E-state index contributed by atoms with van der Waals surface area (Å²) in [6.45, 7) is 2.15. The zero-order chi connectivity index (χ0) is 26.0. The molecule has 10 nitrogen and oxygen atoms in total. The molecule has 1 saturated heterocycles. The number of anilines is 1. The number of hydrogen-bond acceptors (Lipinski definition) is 8. The number of nitrogens with zero attached hydrogens (tertiary/aromatic N) is 3. The van der Waals surface area contributed by atoms with Gasteiger partial charge in [-0.1, -0.05) is 18.1 Å². The third kappa shape index (κ3) is 5.38. The van der Waals surface area contributed by atoms with Crippen molar-refractivity contribution in [1.82, 2.24) is 15.3 Å². The van der Waals surface area contributed by atoms with Crippen LogP contribution < -0.4 is 19.7 Å². The van der Waals surface area contributed by atoms with Crippen LogP contribution in [0.4, 0.5) is 5.82 Å². The van der Waals surface area contributed by atoms with Crippen molar-refractivity contribution < 1.29 is 28.9 Å². The number of carbonyl (C=O) groups excluding carboxylic acids is 2. The number of aliphatic hydroxyl groups is 1. The van der Waals surface area contributed by atoms with Crippen molar-refractivity contribution in [2.75, 3.05) is 31.8 Å². The SMILES string of the molecule is Cc1cccc(Oc2ccnc(C(=O)N[C@H]3COc4ccc(C#CC5(O)COC5)nc4N(C)C3=O)c2)c1. The van der Waals surface area contributed by atoms with Gasteiger partial charge in [0.2, 0.25) is 0 Å². The van der Waals surface area contributed by atoms with Crippen molar-refractivity contribution in [1.29, 1.82) is 0 Å². The molecule has 1 aromatic carbocycles. The van der Waals surface area contributed by atoms with Crippen LogP contribution >= 0.6 is 0 Å². The molecule has 0 bridgehead atoms. The molecule has 2 aromatic heterocycles. The molecule has 5 rings (SSSR count). The quantitative estimate of drug-likeness (QED) is 0.521. The normalized spacial score (nSPS) is 17.8. The van der Waals surface area contributed by atoms with Gasteiger partial charge in [-0.15, -0.1) is 0 Å². The first-order valence-corrected chi connectivity index (χ1v) is 11.6. The van der Waals surface area contributed by atoms with E-state index in [0.717, 1.165) is 5.56 Å². The van der Waals surface area contributed by atoms with Crippen molar-refractivity contribution in [3.05, 3.63) is 71.7 Å². The number of pyridine rings is 2. The Morgan fingerprint density at radius 2 is 2.03 bits per heavy atom. The van der Waals surface area contributed by atoms with E-state index in [4.69, 9.17) is 14.2 Å². The van der Waals surface area contributed by atoms with E-state index in [9.17, 15) is 14.7 Å². The first-order chi connectivity index (χ1) is 17.8. The van der Waals surface area contributed by atoms with E-state index < -0.39 is 23.5 Å². The number of nitrogens with one attached hydrogen (secondary N) is 1. The molecule has 2 aliphatic heterocycles. The van der Waals surface area contributed by atoms with Crippen LogP contribution in [0.15, 0.2) is 54.7 Å². The van der Waals surface area contributed by atoms with Gasteiger partial charge < -0.3 is 24.6 Å². The monoisotopic (exact) mass is 500 g/mol. The molecule has 1 atom stereocenters. The first kappa shape index (κ1) is 24.2. The molecule has 37 heavy (non-hydrogen) atoms. The number of amides is 2. The summed E-state index contributed by atoms with van der Waals surface area (Å²) >= 11 is 0. The van der Waals surface area contributed by atoms with E-state index in [-0.39, 0.29) is 31.3 Å². The van der Waals surface area contributed by atoms with Crippen LogP contribution in [-0.4, -0.2) is 65.4 Å². The average molecular weight is 501 g/mol. The molecule has 0 aliphatic carbocycles. The van der Waals surface area contributed by atoms with Crippen molar-refractivity contribution in [3.63, 3.8) is 0 Å². The van der Waals surface area contributed by atoms with Crippen molar-refractivity contribution in [2.24, 2.45) is 0 Å². The zero-order valence-corrected chi connectivity index (χ0v) is 20.2. The molecule has 0 unspecified atom stereocenters. The number of hydrogen-bond donors (Lipinski definition) is 2. The Morgan fingerprint density at radius 3 is 2.78 bits per heavy atom. The first-order valence-electron chi connectivity index (χ1n) is 11.6. The highest BCUT2D eigenvalue weighted by Crippen LogP contribution is 2.29. The van der Waals surface area contributed by atoms with Gasteiger partial charge in [0, 0.05) is 19.3 Å². The third-order valence-electron chi connectivity index (χ3n) is 5.79. The molecule has 0 spiro atoms. The molecular formula is C27H24N4O6. The van der Waals surface area contributed by atoms with Gasteiger partial charge in [0.15, 0.2) is 17.2 Å². The van der Waals surface area contributed by atoms with Gasteiger partial charge in [-0.25, -0.2) is 4.98 Å². The van der Waals surface area contributed by atoms with Crippen LogP contribution in [0.5, 0.6) is 17.2 Å². The van der Waals surface area contributed by atoms with Crippen LogP contribution in [0.2, 0.25) is 0 Å². The lowest BCUT2D eigenvalue weighted by molar-refractivity contribution is -0.140. The van der Waals surface area contributed by atoms with Crippen LogP contribution in [0, 0.1) is 18.8 Å². The van der Waals surface area contributed by atoms with Crippen molar-refractivity contribution in [3.8, 4) is 29.1 Å². The topological polar surface area (TPSA) is 123 Å². The Morgan fingerprint density at radius 1 is 1.22 bits per heavy atom. The summed E-state index contributed by atoms with van der Waals surface area (Å²) in [5.41, 5.74) is 0.314. The van der Waals surface area contributed by atoms with Gasteiger partial charge in [0.1, 0.15) is 35.5 Å². The Balaban J connectivity index is 1.29. The van der Waals surface area contributed by atoms with Gasteiger partial charge in [0.25, 0.3) is 11.8 Å². The molecule has 1 fully saturated rings. The number of aromatic nitrogens is 2. The summed E-state index contributed by atoms with van der Waals surface area (Å²) in [4.78, 5) is 35.9. The van der Waals surface area contributed by atoms with E-state index in [1.54, 1.807) is 25.2 Å². The fourth-order valence-electron chi connectivity index (χ4n) is 3.74. The minimum Gasteiger partial charge on any atom is -0.487 e. The molecule has 188 valence electrons. The lowest BCUT2D eigenvalue weighted by Gasteiger charge is -2.30. The number of benzene rings is 1. The standard InChI is InChI=1S/C27H24N4O6/c1-17-4-3-5-19(12-17)37-20-9-11-28-21(13-20)25(32)30-22-14-36-23-7-6-18(8-10-27(34)15-35-16-27)29-24(23)31(2)26(22)33/h3-7,9,11-13,22,34H,14-16H2,1-2H3,(H,30,32)/t22-/m0/s1. The molecule has 2 N–H and O–H groups in total. The number of rotatable bonds is 4. The van der Waals surface area contributed by atoms with Crippen LogP contribution in [0.1, 0.15) is 21.7 Å². The molecule has 0 saturated carbocycles. The Hall–Kier alpha value is -4.46. The Labute approximate surface area is 213 Å². The predicted molar refractivity (Wildman–Crippen MR) is 133 cm³/mol. The van der Waals surface area contributed by atoms with Gasteiger partial charge in [-0.3, -0.25) is 19.5 Å². The third-order valence-corrected chi connectivity index (χ3v) is 5.79. The highest BCUT2D eigenvalue weighted by atomic mass is 16.5. The van der Waals surface area contributed by atoms with E-state index in [1.807, 2.05) is 31.2 Å². The number of ether oxygens (including phenoxy) is 3. The second-order valence-electron chi connectivity index (χ2n) is 8.82. The lowest BCUT2D eigenvalue weighted by Crippen LogP contribution is -2.49. The molecular weight excluding hydrogens is 476 g/mol. The molecule has 2 aliphatic rings. The van der Waals surface area contributed by atoms with E-state index in [1.165, 1.54) is 17.2 Å². The minimum absolute atomic E-state index is 0.0921. The highest BCUT2D eigenvalue weighted by Gasteiger charge is 2.34. The predicted octanol–water partition coefficient (Wildman–Crippen LogP) is 1.84. The van der Waals surface area contributed by atoms with Crippen molar-refractivity contribution >= 4 is 17.6 Å². The number of likely N-dealkylation sites (N-methyl/N-ethyl adjacent to an activating group) is 1. The fraction of sp³-hybridized carbons (Fsp3) is 0.259. The van der Waals surface area contributed by atoms with Crippen LogP contribution in [-0.2, 0) is 9.53 Å². The maximum Gasteiger partial charge on any atom is 0.270 e. The van der Waals surface area contributed by atoms with Gasteiger partial charge in [0.05, 0.1) is 13.2 Å². The summed E-state index contributed by atoms with van der Waals surface area (Å²) < 4.78 is 16.6. The zero-order valence-electron chi connectivity index (χ0n) is 20.2. The molecule has 4 heterocycles. The van der Waals surface area contributed by atoms with Gasteiger partial charge in [-0.2, -0.15) is 0 Å². The molecule has 10 heteroatoms. The summed E-state index contributed by atoms with van der Waals surface area (Å²) in [7, 11) is 1.54. The summed E-state index contributed by atoms with van der Waals surface area (Å²) in [5, 5.41) is 12.8. The van der Waals surface area contributed by atoms with Crippen LogP contribution in [0.3, 0.4) is 0 Å². The van der Waals surface area contributed by atoms with E-state index in [0.29, 0.717) is 22.9 Å². The fourth-order valence-corrected chi connectivity index (χ4v) is 3.74. The Kier molecular flexibility index (Phi) is 6.48. The largest absolute Gasteiger partial charge is 0.487 e. The van der Waals surface area contributed by atoms with Crippen LogP contribution in [0.25, 0.3) is 0 Å². The summed E-state index contributed by atoms with van der Waals surface area (Å²) in [5.74, 6) is 6.29. The number of carbonyl (C=O) groups is 2. The van der Waals surface area contributed by atoms with Gasteiger partial charge >= 0.3 is 0 Å². The number of fused-ring (bicyclic) bond motifs is 1. The van der Waals surface area contributed by atoms with Crippen molar-refractivity contribution in [2.45, 2.75) is 18.6 Å². The lowest BCUT2D eigenvalue weighted by atomic mass is 10.0. The number of aryl methyl sites for hydroxylation is 1. The second-order valence-corrected chi connectivity index (χ2v) is 8.82. The molecule has 3 aromatic rings. The summed E-state index contributed by atoms with van der Waals surface area (Å²) in [6.07, 6.45) is 1.46. The average Bonchev–Trinajstić information content (AvgIpc) is 2.98. The molecule has 2 amide bonds. The summed E-state index contributed by atoms with van der Waals surface area (Å²) in [6, 6.07) is 13.0. The van der Waals surface area contributed by atoms with Gasteiger partial charge in [-0.05, 0) is 48.7 Å². The minimum atomic E-state index is -1.18. The second kappa shape index (κ2) is 9.89. The molecule has 0 radical (unpaired) electrons. The highest BCUT2D eigenvalue weighted by molar-refractivity contribution is 6.02. The van der Waals surface area contributed by atoms with E-state index in [2.05, 4.69) is 27.1 Å². The Bertz CT molecular complexity index is 1430.